The fraction of sp³-hybridized carbons (Fsp3) is 0.467. The molecule has 0 saturated heterocycles. The molecule has 1 N–H and O–H groups in total. The van der Waals surface area contributed by atoms with Crippen LogP contribution in [0.5, 0.6) is 5.75 Å². The highest BCUT2D eigenvalue weighted by Gasteiger charge is 2.33. The van der Waals surface area contributed by atoms with E-state index in [0.29, 0.717) is 11.3 Å². The molecule has 4 nitrogen and oxygen atoms in total. The Morgan fingerprint density at radius 2 is 2.11 bits per heavy atom. The van der Waals surface area contributed by atoms with E-state index in [0.717, 1.165) is 32.1 Å². The molecule has 1 aliphatic carbocycles. The maximum Gasteiger partial charge on any atom is 0.252 e. The zero-order valence-electron chi connectivity index (χ0n) is 11.1. The Hall–Kier alpha value is -2.02. The summed E-state index contributed by atoms with van der Waals surface area (Å²) in [6, 6.07) is 9.26. The zero-order chi connectivity index (χ0) is 13.7. The predicted octanol–water partition coefficient (Wildman–Crippen LogP) is 2.65. The third kappa shape index (κ3) is 3.05. The second-order valence-electron chi connectivity index (χ2n) is 4.94. The van der Waals surface area contributed by atoms with E-state index >= 15 is 0 Å². The van der Waals surface area contributed by atoms with Gasteiger partial charge in [0.25, 0.3) is 5.91 Å². The maximum atomic E-state index is 12.2. The minimum Gasteiger partial charge on any atom is -0.497 e. The van der Waals surface area contributed by atoms with E-state index in [1.54, 1.807) is 31.4 Å². The third-order valence-corrected chi connectivity index (χ3v) is 3.61. The largest absolute Gasteiger partial charge is 0.497 e. The molecule has 0 spiro atoms. The van der Waals surface area contributed by atoms with E-state index in [1.165, 1.54) is 0 Å². The van der Waals surface area contributed by atoms with Crippen LogP contribution in [0.1, 0.15) is 42.5 Å². The summed E-state index contributed by atoms with van der Waals surface area (Å²) in [5.41, 5.74) is -0.169. The van der Waals surface area contributed by atoms with Crippen molar-refractivity contribution in [2.75, 3.05) is 7.11 Å². The number of hydrogen-bond acceptors (Lipinski definition) is 3. The van der Waals surface area contributed by atoms with Crippen LogP contribution in [0, 0.1) is 11.3 Å². The summed E-state index contributed by atoms with van der Waals surface area (Å²) in [6.45, 7) is 0. The average Bonchev–Trinajstić information content (AvgIpc) is 2.48. The predicted molar refractivity (Wildman–Crippen MR) is 71.9 cm³/mol. The van der Waals surface area contributed by atoms with Crippen molar-refractivity contribution in [3.05, 3.63) is 29.8 Å². The maximum absolute atomic E-state index is 12.2. The van der Waals surface area contributed by atoms with Crippen molar-refractivity contribution in [3.63, 3.8) is 0 Å². The third-order valence-electron chi connectivity index (χ3n) is 3.61. The Morgan fingerprint density at radius 1 is 1.37 bits per heavy atom. The Labute approximate surface area is 113 Å². The molecule has 0 bridgehead atoms. The fourth-order valence-corrected chi connectivity index (χ4v) is 2.47. The monoisotopic (exact) mass is 258 g/mol. The lowest BCUT2D eigenvalue weighted by Gasteiger charge is -2.31. The summed E-state index contributed by atoms with van der Waals surface area (Å²) in [4.78, 5) is 12.2. The van der Waals surface area contributed by atoms with Gasteiger partial charge >= 0.3 is 0 Å². The minimum atomic E-state index is -0.696. The smallest absolute Gasteiger partial charge is 0.252 e. The first-order valence-corrected chi connectivity index (χ1v) is 6.57. The van der Waals surface area contributed by atoms with Gasteiger partial charge in [0.05, 0.1) is 13.2 Å². The highest BCUT2D eigenvalue weighted by molar-refractivity contribution is 5.95. The molecule has 1 aliphatic rings. The number of benzene rings is 1. The molecule has 0 radical (unpaired) electrons. The van der Waals surface area contributed by atoms with Crippen LogP contribution in [0.25, 0.3) is 0 Å². The lowest BCUT2D eigenvalue weighted by Crippen LogP contribution is -2.48. The van der Waals surface area contributed by atoms with E-state index in [-0.39, 0.29) is 5.91 Å². The van der Waals surface area contributed by atoms with Gasteiger partial charge in [-0.2, -0.15) is 5.26 Å². The molecule has 1 aromatic carbocycles. The first-order chi connectivity index (χ1) is 9.19. The van der Waals surface area contributed by atoms with Crippen LogP contribution in [-0.4, -0.2) is 18.6 Å². The molecule has 1 aromatic rings. The van der Waals surface area contributed by atoms with Crippen LogP contribution in [0.4, 0.5) is 0 Å². The molecule has 4 heteroatoms. The number of carbonyl (C=O) groups excluding carboxylic acids is 1. The van der Waals surface area contributed by atoms with Gasteiger partial charge in [-0.05, 0) is 31.0 Å². The molecule has 0 heterocycles. The number of hydrogen-bond donors (Lipinski definition) is 1. The highest BCUT2D eigenvalue weighted by atomic mass is 16.5. The lowest BCUT2D eigenvalue weighted by molar-refractivity contribution is 0.0902. The Morgan fingerprint density at radius 3 is 2.74 bits per heavy atom. The van der Waals surface area contributed by atoms with Crippen molar-refractivity contribution in [3.8, 4) is 11.8 Å². The number of nitrogens with one attached hydrogen (secondary N) is 1. The van der Waals surface area contributed by atoms with Crippen LogP contribution in [0.2, 0.25) is 0 Å². The number of ether oxygens (including phenoxy) is 1. The summed E-state index contributed by atoms with van der Waals surface area (Å²) < 4.78 is 5.10. The molecule has 100 valence electrons. The van der Waals surface area contributed by atoms with Crippen LogP contribution in [0.15, 0.2) is 24.3 Å². The average molecular weight is 258 g/mol. The van der Waals surface area contributed by atoms with Crippen molar-refractivity contribution in [1.29, 1.82) is 5.26 Å². The molecule has 0 aromatic heterocycles. The van der Waals surface area contributed by atoms with E-state index < -0.39 is 5.54 Å². The molecule has 1 saturated carbocycles. The van der Waals surface area contributed by atoms with Gasteiger partial charge in [0.1, 0.15) is 11.3 Å². The van der Waals surface area contributed by atoms with E-state index in [4.69, 9.17) is 4.74 Å². The number of rotatable bonds is 3. The van der Waals surface area contributed by atoms with Crippen molar-refractivity contribution >= 4 is 5.91 Å². The first-order valence-electron chi connectivity index (χ1n) is 6.57. The summed E-state index contributed by atoms with van der Waals surface area (Å²) >= 11 is 0. The summed E-state index contributed by atoms with van der Waals surface area (Å²) in [7, 11) is 1.56. The molecule has 0 atom stereocenters. The summed E-state index contributed by atoms with van der Waals surface area (Å²) in [5.74, 6) is 0.435. The number of nitriles is 1. The van der Waals surface area contributed by atoms with Crippen molar-refractivity contribution in [2.24, 2.45) is 0 Å². The van der Waals surface area contributed by atoms with Gasteiger partial charge in [-0.25, -0.2) is 0 Å². The quantitative estimate of drug-likeness (QED) is 0.906. The van der Waals surface area contributed by atoms with Gasteiger partial charge < -0.3 is 10.1 Å². The molecular weight excluding hydrogens is 240 g/mol. The molecule has 0 unspecified atom stereocenters. The molecule has 0 aliphatic heterocycles. The standard InChI is InChI=1S/C15H18N2O2/c1-19-13-7-5-6-12(10-13)14(18)17-15(11-16)8-3-2-4-9-15/h5-7,10H,2-4,8-9H2,1H3,(H,17,18). The Balaban J connectivity index is 2.13. The normalized spacial score (nSPS) is 17.3. The fourth-order valence-electron chi connectivity index (χ4n) is 2.47. The second-order valence-corrected chi connectivity index (χ2v) is 4.94. The molecule has 2 rings (SSSR count). The van der Waals surface area contributed by atoms with E-state index in [9.17, 15) is 10.1 Å². The lowest BCUT2D eigenvalue weighted by atomic mass is 9.82. The minimum absolute atomic E-state index is 0.206. The summed E-state index contributed by atoms with van der Waals surface area (Å²) in [6.07, 6.45) is 4.59. The SMILES string of the molecule is COc1cccc(C(=O)NC2(C#N)CCCCC2)c1. The molecule has 1 fully saturated rings. The van der Waals surface area contributed by atoms with Gasteiger partial charge in [-0.3, -0.25) is 4.79 Å². The van der Waals surface area contributed by atoms with Gasteiger partial charge in [0.2, 0.25) is 0 Å². The van der Waals surface area contributed by atoms with Crippen LogP contribution >= 0.6 is 0 Å². The Bertz CT molecular complexity index is 499. The van der Waals surface area contributed by atoms with Crippen molar-refractivity contribution < 1.29 is 9.53 Å². The molecule has 19 heavy (non-hydrogen) atoms. The van der Waals surface area contributed by atoms with Crippen molar-refractivity contribution in [2.45, 2.75) is 37.6 Å². The summed E-state index contributed by atoms with van der Waals surface area (Å²) in [5, 5.41) is 12.2. The van der Waals surface area contributed by atoms with Crippen LogP contribution in [-0.2, 0) is 0 Å². The zero-order valence-corrected chi connectivity index (χ0v) is 11.1. The van der Waals surface area contributed by atoms with Crippen LogP contribution in [0.3, 0.4) is 0 Å². The molecular formula is C15H18N2O2. The number of methoxy groups -OCH3 is 1. The second kappa shape index (κ2) is 5.75. The number of carbonyl (C=O) groups is 1. The molecule has 1 amide bonds. The topological polar surface area (TPSA) is 62.1 Å². The van der Waals surface area contributed by atoms with Gasteiger partial charge in [0, 0.05) is 5.56 Å². The number of amides is 1. The van der Waals surface area contributed by atoms with Gasteiger partial charge in [0.15, 0.2) is 0 Å². The number of nitrogens with zero attached hydrogens (tertiary/aromatic N) is 1. The van der Waals surface area contributed by atoms with E-state index in [2.05, 4.69) is 11.4 Å². The highest BCUT2D eigenvalue weighted by Crippen LogP contribution is 2.28. The van der Waals surface area contributed by atoms with Crippen LogP contribution < -0.4 is 10.1 Å². The van der Waals surface area contributed by atoms with Crippen molar-refractivity contribution in [1.82, 2.24) is 5.32 Å². The van der Waals surface area contributed by atoms with Gasteiger partial charge in [-0.1, -0.05) is 25.3 Å². The van der Waals surface area contributed by atoms with Gasteiger partial charge in [-0.15, -0.1) is 0 Å². The Kier molecular flexibility index (Phi) is 4.06. The van der Waals surface area contributed by atoms with E-state index in [1.807, 2.05) is 0 Å². The first kappa shape index (κ1) is 13.4.